The third-order valence-corrected chi connectivity index (χ3v) is 4.64. The van der Waals surface area contributed by atoms with Crippen LogP contribution in [0.5, 0.6) is 0 Å². The van der Waals surface area contributed by atoms with Crippen LogP contribution in [0.3, 0.4) is 0 Å². The molecule has 1 N–H and O–H groups in total. The molecule has 2 aromatic heterocycles. The van der Waals surface area contributed by atoms with Gasteiger partial charge in [0.25, 0.3) is 5.91 Å². The summed E-state index contributed by atoms with van der Waals surface area (Å²) >= 11 is 1.60. The fourth-order valence-electron chi connectivity index (χ4n) is 2.18. The Bertz CT molecular complexity index is 830. The Morgan fingerprint density at radius 1 is 1.13 bits per heavy atom. The number of carbonyl (C=O) groups excluding carboxylic acids is 1. The van der Waals surface area contributed by atoms with Crippen LogP contribution in [0.2, 0.25) is 0 Å². The molecule has 0 saturated heterocycles. The number of nitrogens with one attached hydrogen (secondary N) is 1. The van der Waals surface area contributed by atoms with Crippen molar-refractivity contribution in [2.75, 3.05) is 0 Å². The molecule has 0 atom stereocenters. The van der Waals surface area contributed by atoms with Crippen molar-refractivity contribution in [3.05, 3.63) is 64.7 Å². The third-order valence-electron chi connectivity index (χ3n) is 3.45. The van der Waals surface area contributed by atoms with Crippen molar-refractivity contribution in [1.29, 1.82) is 0 Å². The molecule has 1 amide bonds. The average Bonchev–Trinajstić information content (AvgIpc) is 2.94. The van der Waals surface area contributed by atoms with Gasteiger partial charge in [0.15, 0.2) is 0 Å². The van der Waals surface area contributed by atoms with Crippen molar-refractivity contribution in [3.63, 3.8) is 0 Å². The summed E-state index contributed by atoms with van der Waals surface area (Å²) in [6.45, 7) is 4.45. The molecule has 6 heteroatoms. The largest absolute Gasteiger partial charge is 0.344 e. The second-order valence-corrected chi connectivity index (χ2v) is 6.18. The highest BCUT2D eigenvalue weighted by Gasteiger charge is 2.13. The molecule has 5 nitrogen and oxygen atoms in total. The number of hydrogen-bond donors (Lipinski definition) is 1. The second kappa shape index (κ2) is 6.66. The van der Waals surface area contributed by atoms with Crippen molar-refractivity contribution in [1.82, 2.24) is 20.3 Å². The molecule has 0 unspecified atom stereocenters. The van der Waals surface area contributed by atoms with Crippen molar-refractivity contribution in [2.45, 2.75) is 20.4 Å². The highest BCUT2D eigenvalue weighted by atomic mass is 32.1. The fourth-order valence-corrected chi connectivity index (χ4v) is 3.27. The Kier molecular flexibility index (Phi) is 4.43. The quantitative estimate of drug-likeness (QED) is 0.800. The Labute approximate surface area is 138 Å². The maximum absolute atomic E-state index is 12.0. The minimum Gasteiger partial charge on any atom is -0.344 e. The molecule has 0 fully saturated rings. The molecule has 0 spiro atoms. The van der Waals surface area contributed by atoms with E-state index in [9.17, 15) is 4.79 Å². The number of carbonyl (C=O) groups is 1. The zero-order valence-corrected chi connectivity index (χ0v) is 13.7. The van der Waals surface area contributed by atoms with Gasteiger partial charge in [0.1, 0.15) is 5.01 Å². The Balaban J connectivity index is 1.75. The van der Waals surface area contributed by atoms with E-state index < -0.39 is 0 Å². The lowest BCUT2D eigenvalue weighted by Gasteiger charge is -2.02. The van der Waals surface area contributed by atoms with Crippen LogP contribution in [0, 0.1) is 13.8 Å². The summed E-state index contributed by atoms with van der Waals surface area (Å²) in [6, 6.07) is 9.83. The van der Waals surface area contributed by atoms with Crippen LogP contribution in [0.4, 0.5) is 0 Å². The van der Waals surface area contributed by atoms with E-state index in [1.807, 2.05) is 19.1 Å². The van der Waals surface area contributed by atoms with E-state index >= 15 is 0 Å². The van der Waals surface area contributed by atoms with E-state index in [2.05, 4.69) is 39.3 Å². The number of aromatic nitrogens is 3. The maximum atomic E-state index is 12.0. The second-order valence-electron chi connectivity index (χ2n) is 5.10. The molecule has 2 heterocycles. The van der Waals surface area contributed by atoms with E-state index in [1.54, 1.807) is 29.8 Å². The first-order valence-corrected chi connectivity index (χ1v) is 8.04. The van der Waals surface area contributed by atoms with Gasteiger partial charge in [0, 0.05) is 22.8 Å². The van der Waals surface area contributed by atoms with Crippen LogP contribution in [-0.2, 0) is 6.54 Å². The predicted octanol–water partition coefficient (Wildman–Crippen LogP) is 3.15. The number of hydrogen-bond acceptors (Lipinski definition) is 5. The summed E-state index contributed by atoms with van der Waals surface area (Å²) in [5, 5.41) is 3.81. The number of benzene rings is 1. The molecule has 0 saturated carbocycles. The van der Waals surface area contributed by atoms with Gasteiger partial charge in [-0.05, 0) is 25.5 Å². The van der Waals surface area contributed by atoms with Crippen molar-refractivity contribution < 1.29 is 4.79 Å². The number of thiazole rings is 1. The summed E-state index contributed by atoms with van der Waals surface area (Å²) in [5.41, 5.74) is 3.25. The number of amides is 1. The van der Waals surface area contributed by atoms with Gasteiger partial charge in [-0.25, -0.2) is 15.0 Å². The van der Waals surface area contributed by atoms with Crippen molar-refractivity contribution in [2.24, 2.45) is 0 Å². The first-order chi connectivity index (χ1) is 11.1. The Hall–Kier alpha value is -2.60. The molecule has 3 aromatic rings. The van der Waals surface area contributed by atoms with Gasteiger partial charge < -0.3 is 5.32 Å². The summed E-state index contributed by atoms with van der Waals surface area (Å²) in [4.78, 5) is 25.6. The molecule has 0 aliphatic heterocycles. The van der Waals surface area contributed by atoms with Crippen molar-refractivity contribution >= 4 is 17.2 Å². The average molecular weight is 324 g/mol. The molecule has 116 valence electrons. The predicted molar refractivity (Wildman–Crippen MR) is 90.2 cm³/mol. The van der Waals surface area contributed by atoms with Crippen LogP contribution < -0.4 is 5.32 Å². The van der Waals surface area contributed by atoms with Gasteiger partial charge in [0.2, 0.25) is 5.82 Å². The Morgan fingerprint density at radius 3 is 2.61 bits per heavy atom. The van der Waals surface area contributed by atoms with E-state index in [4.69, 9.17) is 0 Å². The highest BCUT2D eigenvalue weighted by Crippen LogP contribution is 2.29. The van der Waals surface area contributed by atoms with E-state index in [-0.39, 0.29) is 11.7 Å². The molecule has 1 aromatic carbocycles. The normalized spacial score (nSPS) is 10.5. The van der Waals surface area contributed by atoms with Crippen LogP contribution in [0.15, 0.2) is 42.7 Å². The smallest absolute Gasteiger partial charge is 0.289 e. The molecule has 0 aliphatic carbocycles. The van der Waals surface area contributed by atoms with Crippen LogP contribution in [-0.4, -0.2) is 20.9 Å². The molecule has 0 bridgehead atoms. The highest BCUT2D eigenvalue weighted by molar-refractivity contribution is 7.15. The number of nitrogens with zero attached hydrogens (tertiary/aromatic N) is 3. The maximum Gasteiger partial charge on any atom is 0.289 e. The SMILES string of the molecule is Cc1ccccc1-c1nc(C)c(CNC(=O)c2ncccn2)s1. The zero-order chi connectivity index (χ0) is 16.2. The van der Waals surface area contributed by atoms with Gasteiger partial charge in [-0.1, -0.05) is 24.3 Å². The fraction of sp³-hybridized carbons (Fsp3) is 0.176. The summed E-state index contributed by atoms with van der Waals surface area (Å²) in [7, 11) is 0. The van der Waals surface area contributed by atoms with Gasteiger partial charge in [-0.2, -0.15) is 0 Å². The van der Waals surface area contributed by atoms with Crippen molar-refractivity contribution in [3.8, 4) is 10.6 Å². The lowest BCUT2D eigenvalue weighted by molar-refractivity contribution is 0.0941. The molecule has 0 radical (unpaired) electrons. The summed E-state index contributed by atoms with van der Waals surface area (Å²) in [6.07, 6.45) is 3.10. The number of aryl methyl sites for hydroxylation is 2. The van der Waals surface area contributed by atoms with Crippen LogP contribution in [0.25, 0.3) is 10.6 Å². The Morgan fingerprint density at radius 2 is 1.87 bits per heavy atom. The monoisotopic (exact) mass is 324 g/mol. The topological polar surface area (TPSA) is 67.8 Å². The molecular formula is C17H16N4OS. The van der Waals surface area contributed by atoms with E-state index in [0.717, 1.165) is 21.1 Å². The standard InChI is InChI=1S/C17H16N4OS/c1-11-6-3-4-7-13(11)17-21-12(2)14(23-17)10-20-16(22)15-18-8-5-9-19-15/h3-9H,10H2,1-2H3,(H,20,22). The minimum absolute atomic E-state index is 0.175. The number of rotatable bonds is 4. The van der Waals surface area contributed by atoms with E-state index in [0.29, 0.717) is 6.54 Å². The summed E-state index contributed by atoms with van der Waals surface area (Å²) < 4.78 is 0. The molecular weight excluding hydrogens is 308 g/mol. The lowest BCUT2D eigenvalue weighted by atomic mass is 10.1. The summed E-state index contributed by atoms with van der Waals surface area (Å²) in [5.74, 6) is -0.107. The van der Waals surface area contributed by atoms with Gasteiger partial charge in [-0.15, -0.1) is 11.3 Å². The molecule has 0 aliphatic rings. The van der Waals surface area contributed by atoms with Gasteiger partial charge in [-0.3, -0.25) is 4.79 Å². The van der Waals surface area contributed by atoms with Gasteiger partial charge in [0.05, 0.1) is 12.2 Å². The van der Waals surface area contributed by atoms with E-state index in [1.165, 1.54) is 5.56 Å². The lowest BCUT2D eigenvalue weighted by Crippen LogP contribution is -2.24. The minimum atomic E-state index is -0.282. The first kappa shape index (κ1) is 15.3. The molecule has 23 heavy (non-hydrogen) atoms. The van der Waals surface area contributed by atoms with Gasteiger partial charge >= 0.3 is 0 Å². The zero-order valence-electron chi connectivity index (χ0n) is 12.9. The molecule has 3 rings (SSSR count). The van der Waals surface area contributed by atoms with Crippen LogP contribution >= 0.6 is 11.3 Å². The van der Waals surface area contributed by atoms with Crippen LogP contribution in [0.1, 0.15) is 26.8 Å². The first-order valence-electron chi connectivity index (χ1n) is 7.22. The third kappa shape index (κ3) is 3.43.